The molecule has 4 heterocycles. The number of hydrogen-bond acceptors (Lipinski definition) is 7. The van der Waals surface area contributed by atoms with Crippen molar-refractivity contribution in [3.63, 3.8) is 0 Å². The second-order valence-electron chi connectivity index (χ2n) is 8.44. The molecule has 3 aliphatic heterocycles. The van der Waals surface area contributed by atoms with Crippen LogP contribution in [-0.4, -0.2) is 41.5 Å². The van der Waals surface area contributed by atoms with E-state index in [0.29, 0.717) is 25.7 Å². The number of aliphatic hydroxyl groups is 1. The third-order valence-corrected chi connectivity index (χ3v) is 7.60. The Balaban J connectivity index is 1.44. The molecule has 138 valence electrons. The van der Waals surface area contributed by atoms with Crippen LogP contribution >= 0.6 is 0 Å². The number of carbonyl (C=O) groups is 2. The van der Waals surface area contributed by atoms with Gasteiger partial charge in [0.25, 0.3) is 0 Å². The van der Waals surface area contributed by atoms with Gasteiger partial charge in [-0.1, -0.05) is 0 Å². The molecular formula is C19H20O7. The summed E-state index contributed by atoms with van der Waals surface area (Å²) in [7, 11) is 0. The van der Waals surface area contributed by atoms with E-state index in [1.165, 1.54) is 0 Å². The minimum atomic E-state index is -1.24. The van der Waals surface area contributed by atoms with Crippen molar-refractivity contribution in [3.05, 3.63) is 24.2 Å². The molecule has 5 fully saturated rings. The van der Waals surface area contributed by atoms with E-state index in [1.54, 1.807) is 18.6 Å². The molecule has 1 spiro atoms. The van der Waals surface area contributed by atoms with Crippen LogP contribution in [0.2, 0.25) is 0 Å². The van der Waals surface area contributed by atoms with Crippen LogP contribution in [-0.2, 0) is 23.8 Å². The summed E-state index contributed by atoms with van der Waals surface area (Å²) in [6.07, 6.45) is 4.53. The zero-order valence-electron chi connectivity index (χ0n) is 14.1. The van der Waals surface area contributed by atoms with Crippen molar-refractivity contribution in [2.45, 2.75) is 49.6 Å². The van der Waals surface area contributed by atoms with E-state index in [-0.39, 0.29) is 48.5 Å². The van der Waals surface area contributed by atoms with Crippen LogP contribution in [0.3, 0.4) is 0 Å². The van der Waals surface area contributed by atoms with E-state index in [2.05, 4.69) is 0 Å². The van der Waals surface area contributed by atoms with Gasteiger partial charge in [0.2, 0.25) is 0 Å². The van der Waals surface area contributed by atoms with Gasteiger partial charge in [-0.25, -0.2) is 0 Å². The summed E-state index contributed by atoms with van der Waals surface area (Å²) in [6, 6.07) is 1.78. The van der Waals surface area contributed by atoms with Crippen LogP contribution in [0.5, 0.6) is 0 Å². The summed E-state index contributed by atoms with van der Waals surface area (Å²) in [5.74, 6) is -1.54. The highest BCUT2D eigenvalue weighted by Crippen LogP contribution is 2.68. The molecule has 0 aromatic carbocycles. The number of hydrogen-bond donors (Lipinski definition) is 1. The van der Waals surface area contributed by atoms with Crippen LogP contribution in [0, 0.1) is 23.2 Å². The van der Waals surface area contributed by atoms with E-state index < -0.39 is 17.1 Å². The van der Waals surface area contributed by atoms with Crippen molar-refractivity contribution in [1.82, 2.24) is 0 Å². The van der Waals surface area contributed by atoms with Crippen molar-refractivity contribution in [3.8, 4) is 0 Å². The van der Waals surface area contributed by atoms with Crippen LogP contribution < -0.4 is 0 Å². The molecule has 7 heteroatoms. The monoisotopic (exact) mass is 360 g/mol. The lowest BCUT2D eigenvalue weighted by atomic mass is 9.46. The van der Waals surface area contributed by atoms with Crippen molar-refractivity contribution < 1.29 is 33.3 Å². The average molecular weight is 360 g/mol. The van der Waals surface area contributed by atoms with Gasteiger partial charge in [-0.15, -0.1) is 0 Å². The van der Waals surface area contributed by atoms with Crippen molar-refractivity contribution in [1.29, 1.82) is 0 Å². The zero-order valence-corrected chi connectivity index (χ0v) is 14.1. The highest BCUT2D eigenvalue weighted by atomic mass is 16.6. The van der Waals surface area contributed by atoms with Gasteiger partial charge in [-0.2, -0.15) is 0 Å². The van der Waals surface area contributed by atoms with Gasteiger partial charge in [0.15, 0.2) is 0 Å². The first-order valence-corrected chi connectivity index (χ1v) is 9.32. The average Bonchev–Trinajstić information content (AvgIpc) is 3.07. The zero-order chi connectivity index (χ0) is 17.7. The molecule has 0 bridgehead atoms. The summed E-state index contributed by atoms with van der Waals surface area (Å²) in [5, 5.41) is 12.0. The van der Waals surface area contributed by atoms with Crippen LogP contribution in [0.1, 0.15) is 37.4 Å². The molecule has 1 aromatic rings. The summed E-state index contributed by atoms with van der Waals surface area (Å²) in [4.78, 5) is 25.1. The summed E-state index contributed by atoms with van der Waals surface area (Å²) in [6.45, 7) is 0.216. The fourth-order valence-corrected chi connectivity index (χ4v) is 6.31. The Morgan fingerprint density at radius 3 is 2.88 bits per heavy atom. The molecule has 3 saturated heterocycles. The maximum atomic E-state index is 12.7. The molecule has 7 nitrogen and oxygen atoms in total. The second kappa shape index (κ2) is 4.70. The SMILES string of the molecule is O=C1O[C@@H](c2ccoc2)CC2C1CC[C@@]13COC(=O)[C@H]1C[C@@H]1O[C@@H]1[C@@]23O. The number of ether oxygens (including phenoxy) is 3. The number of rotatable bonds is 1. The highest BCUT2D eigenvalue weighted by Gasteiger charge is 2.79. The second-order valence-corrected chi connectivity index (χ2v) is 8.44. The Morgan fingerprint density at radius 1 is 1.19 bits per heavy atom. The Kier molecular flexibility index (Phi) is 2.75. The topological polar surface area (TPSA) is 98.5 Å². The molecule has 5 aliphatic rings. The molecule has 1 aromatic heterocycles. The largest absolute Gasteiger partial charge is 0.472 e. The molecular weight excluding hydrogens is 340 g/mol. The van der Waals surface area contributed by atoms with Gasteiger partial charge < -0.3 is 23.7 Å². The van der Waals surface area contributed by atoms with Gasteiger partial charge in [-0.3, -0.25) is 9.59 Å². The first-order valence-electron chi connectivity index (χ1n) is 9.32. The smallest absolute Gasteiger partial charge is 0.309 e. The predicted molar refractivity (Wildman–Crippen MR) is 83.5 cm³/mol. The molecule has 1 N–H and O–H groups in total. The van der Waals surface area contributed by atoms with Gasteiger partial charge >= 0.3 is 11.9 Å². The minimum Gasteiger partial charge on any atom is -0.472 e. The standard InChI is InChI=1S/C19H20O7/c20-16-10-1-3-18-8-24-17(21)12(18)6-14-15(25-14)19(18,22)11(10)5-13(26-16)9-2-4-23-7-9/h2,4,7,10-15,22H,1,3,5-6,8H2/t10?,11?,12-,13-,14+,15+,18-,19+/m1/s1. The summed E-state index contributed by atoms with van der Waals surface area (Å²) in [5.41, 5.74) is -1.10. The maximum absolute atomic E-state index is 12.7. The summed E-state index contributed by atoms with van der Waals surface area (Å²) < 4.78 is 22.0. The number of esters is 2. The van der Waals surface area contributed by atoms with Gasteiger partial charge in [0, 0.05) is 16.9 Å². The molecule has 2 unspecified atom stereocenters. The molecule has 2 saturated carbocycles. The quantitative estimate of drug-likeness (QED) is 0.596. The molecule has 26 heavy (non-hydrogen) atoms. The fraction of sp³-hybridized carbons (Fsp3) is 0.684. The number of furan rings is 1. The lowest BCUT2D eigenvalue weighted by molar-refractivity contribution is -0.232. The Labute approximate surface area is 149 Å². The predicted octanol–water partition coefficient (Wildman–Crippen LogP) is 1.36. The Hall–Kier alpha value is -1.86. The van der Waals surface area contributed by atoms with E-state index in [9.17, 15) is 14.7 Å². The molecule has 8 atom stereocenters. The van der Waals surface area contributed by atoms with Gasteiger partial charge in [0.05, 0.1) is 30.5 Å². The van der Waals surface area contributed by atoms with Crippen LogP contribution in [0.15, 0.2) is 23.0 Å². The van der Waals surface area contributed by atoms with E-state index >= 15 is 0 Å². The third-order valence-electron chi connectivity index (χ3n) is 7.60. The first-order chi connectivity index (χ1) is 12.5. The number of epoxide rings is 1. The fourth-order valence-electron chi connectivity index (χ4n) is 6.31. The Bertz CT molecular complexity index is 788. The highest BCUT2D eigenvalue weighted by molar-refractivity contribution is 5.78. The minimum absolute atomic E-state index is 0.118. The van der Waals surface area contributed by atoms with Crippen molar-refractivity contribution in [2.24, 2.45) is 23.2 Å². The third kappa shape index (κ3) is 1.62. The van der Waals surface area contributed by atoms with E-state index in [1.807, 2.05) is 0 Å². The molecule has 0 radical (unpaired) electrons. The maximum Gasteiger partial charge on any atom is 0.309 e. The van der Waals surface area contributed by atoms with E-state index in [4.69, 9.17) is 18.6 Å². The molecule has 0 amide bonds. The van der Waals surface area contributed by atoms with E-state index in [0.717, 1.165) is 5.56 Å². The Morgan fingerprint density at radius 2 is 2.08 bits per heavy atom. The number of fused-ring (bicyclic) bond motifs is 4. The van der Waals surface area contributed by atoms with Gasteiger partial charge in [-0.05, 0) is 31.7 Å². The first kappa shape index (κ1) is 15.2. The number of cyclic esters (lactones) is 2. The molecule has 6 rings (SSSR count). The lowest BCUT2D eigenvalue weighted by Gasteiger charge is -2.58. The normalized spacial score (nSPS) is 51.4. The number of carbonyl (C=O) groups excluding carboxylic acids is 2. The summed E-state index contributed by atoms with van der Waals surface area (Å²) >= 11 is 0. The van der Waals surface area contributed by atoms with Gasteiger partial charge in [0.1, 0.15) is 24.4 Å². The van der Waals surface area contributed by atoms with Crippen molar-refractivity contribution in [2.75, 3.05) is 6.61 Å². The lowest BCUT2D eigenvalue weighted by Crippen LogP contribution is -2.69. The van der Waals surface area contributed by atoms with Crippen LogP contribution in [0.25, 0.3) is 0 Å². The molecule has 2 aliphatic carbocycles. The van der Waals surface area contributed by atoms with Crippen molar-refractivity contribution >= 4 is 11.9 Å². The van der Waals surface area contributed by atoms with Crippen LogP contribution in [0.4, 0.5) is 0 Å².